The second-order valence-electron chi connectivity index (χ2n) is 2.81. The average molecular weight is 157 g/mol. The molecule has 0 radical (unpaired) electrons. The summed E-state index contributed by atoms with van der Waals surface area (Å²) in [6.45, 7) is 5.54. The number of ketones is 1. The molecule has 0 aliphatic heterocycles. The summed E-state index contributed by atoms with van der Waals surface area (Å²) in [7, 11) is 1.48. The Kier molecular flexibility index (Phi) is 4.50. The van der Waals surface area contributed by atoms with Crippen molar-refractivity contribution in [2.45, 2.75) is 27.2 Å². The zero-order valence-corrected chi connectivity index (χ0v) is 7.55. The normalized spacial score (nSPS) is 11.9. The topological polar surface area (TPSA) is 38.7 Å². The Morgan fingerprint density at radius 1 is 1.55 bits per heavy atom. The Morgan fingerprint density at radius 2 is 2.09 bits per heavy atom. The molecular formula is C8H15NO2. The van der Waals surface area contributed by atoms with Gasteiger partial charge in [0.1, 0.15) is 12.9 Å². The van der Waals surface area contributed by atoms with Gasteiger partial charge in [-0.1, -0.05) is 19.0 Å². The van der Waals surface area contributed by atoms with E-state index in [0.717, 1.165) is 5.71 Å². The van der Waals surface area contributed by atoms with E-state index in [1.165, 1.54) is 7.11 Å². The Morgan fingerprint density at radius 3 is 2.45 bits per heavy atom. The van der Waals surface area contributed by atoms with Gasteiger partial charge in [0.15, 0.2) is 0 Å². The third kappa shape index (κ3) is 4.53. The van der Waals surface area contributed by atoms with Crippen LogP contribution >= 0.6 is 0 Å². The quantitative estimate of drug-likeness (QED) is 0.459. The lowest BCUT2D eigenvalue weighted by molar-refractivity contribution is -0.120. The third-order valence-electron chi connectivity index (χ3n) is 1.32. The van der Waals surface area contributed by atoms with Crippen LogP contribution < -0.4 is 0 Å². The predicted molar refractivity (Wildman–Crippen MR) is 44.6 cm³/mol. The van der Waals surface area contributed by atoms with Gasteiger partial charge in [-0.05, 0) is 6.92 Å². The van der Waals surface area contributed by atoms with Gasteiger partial charge in [-0.3, -0.25) is 4.79 Å². The first-order valence-electron chi connectivity index (χ1n) is 3.67. The maximum atomic E-state index is 11.1. The van der Waals surface area contributed by atoms with Crippen molar-refractivity contribution in [1.82, 2.24) is 0 Å². The van der Waals surface area contributed by atoms with Crippen molar-refractivity contribution < 1.29 is 9.63 Å². The van der Waals surface area contributed by atoms with E-state index in [-0.39, 0.29) is 11.7 Å². The molecule has 11 heavy (non-hydrogen) atoms. The van der Waals surface area contributed by atoms with Gasteiger partial charge in [0.2, 0.25) is 0 Å². The molecule has 0 saturated heterocycles. The van der Waals surface area contributed by atoms with Crippen molar-refractivity contribution in [3.63, 3.8) is 0 Å². The fraction of sp³-hybridized carbons (Fsp3) is 0.750. The first-order chi connectivity index (χ1) is 5.07. The second kappa shape index (κ2) is 4.88. The molecule has 0 aliphatic carbocycles. The van der Waals surface area contributed by atoms with Crippen LogP contribution in [0.4, 0.5) is 0 Å². The van der Waals surface area contributed by atoms with Gasteiger partial charge < -0.3 is 4.84 Å². The number of Topliss-reactive ketones (excluding diaryl/α,β-unsaturated/α-hetero) is 1. The molecule has 0 aromatic rings. The minimum Gasteiger partial charge on any atom is -0.399 e. The molecule has 0 aromatic carbocycles. The van der Waals surface area contributed by atoms with E-state index in [1.54, 1.807) is 6.92 Å². The van der Waals surface area contributed by atoms with Crippen LogP contribution in [0.1, 0.15) is 27.2 Å². The Balaban J connectivity index is 3.85. The lowest BCUT2D eigenvalue weighted by Gasteiger charge is -2.01. The van der Waals surface area contributed by atoms with Crippen molar-refractivity contribution in [3.8, 4) is 0 Å². The molecule has 0 atom stereocenters. The van der Waals surface area contributed by atoms with E-state index in [9.17, 15) is 4.79 Å². The monoisotopic (exact) mass is 157 g/mol. The zero-order valence-electron chi connectivity index (χ0n) is 7.55. The number of hydrogen-bond acceptors (Lipinski definition) is 3. The van der Waals surface area contributed by atoms with Crippen molar-refractivity contribution in [2.75, 3.05) is 7.11 Å². The van der Waals surface area contributed by atoms with Gasteiger partial charge >= 0.3 is 0 Å². The number of oxime groups is 1. The largest absolute Gasteiger partial charge is 0.399 e. The second-order valence-corrected chi connectivity index (χ2v) is 2.81. The SMILES string of the molecule is CO/N=C(\C)CC(=O)C(C)C. The van der Waals surface area contributed by atoms with Crippen LogP contribution in [0.5, 0.6) is 0 Å². The smallest absolute Gasteiger partial charge is 0.141 e. The molecule has 64 valence electrons. The molecular weight excluding hydrogens is 142 g/mol. The van der Waals surface area contributed by atoms with E-state index in [2.05, 4.69) is 9.99 Å². The zero-order chi connectivity index (χ0) is 8.85. The van der Waals surface area contributed by atoms with Crippen molar-refractivity contribution in [3.05, 3.63) is 0 Å². The van der Waals surface area contributed by atoms with Crippen molar-refractivity contribution >= 4 is 11.5 Å². The lowest BCUT2D eigenvalue weighted by Crippen LogP contribution is -2.11. The summed E-state index contributed by atoms with van der Waals surface area (Å²) in [5.41, 5.74) is 0.728. The minimum atomic E-state index is 0.0806. The van der Waals surface area contributed by atoms with E-state index in [4.69, 9.17) is 0 Å². The molecule has 0 unspecified atom stereocenters. The van der Waals surface area contributed by atoms with E-state index >= 15 is 0 Å². The summed E-state index contributed by atoms with van der Waals surface area (Å²) >= 11 is 0. The number of nitrogens with zero attached hydrogens (tertiary/aromatic N) is 1. The molecule has 0 aliphatic rings. The van der Waals surface area contributed by atoms with Crippen LogP contribution in [0.2, 0.25) is 0 Å². The molecule has 0 bridgehead atoms. The van der Waals surface area contributed by atoms with Gasteiger partial charge in [0.05, 0.1) is 5.71 Å². The highest BCUT2D eigenvalue weighted by molar-refractivity contribution is 6.01. The molecule has 3 nitrogen and oxygen atoms in total. The summed E-state index contributed by atoms with van der Waals surface area (Å²) in [4.78, 5) is 15.6. The lowest BCUT2D eigenvalue weighted by atomic mass is 10.0. The molecule has 0 aromatic heterocycles. The van der Waals surface area contributed by atoms with Gasteiger partial charge in [-0.15, -0.1) is 0 Å². The number of carbonyl (C=O) groups is 1. The fourth-order valence-corrected chi connectivity index (χ4v) is 0.644. The molecule has 0 saturated carbocycles. The molecule has 0 amide bonds. The van der Waals surface area contributed by atoms with Crippen molar-refractivity contribution in [1.29, 1.82) is 0 Å². The first kappa shape index (κ1) is 10.1. The van der Waals surface area contributed by atoms with Crippen LogP contribution in [0, 0.1) is 5.92 Å². The Labute approximate surface area is 67.4 Å². The first-order valence-corrected chi connectivity index (χ1v) is 3.67. The maximum absolute atomic E-state index is 11.1. The summed E-state index contributed by atoms with van der Waals surface area (Å²) in [6, 6.07) is 0. The van der Waals surface area contributed by atoms with Gasteiger partial charge in [0, 0.05) is 12.3 Å². The van der Waals surface area contributed by atoms with Gasteiger partial charge in [0.25, 0.3) is 0 Å². The van der Waals surface area contributed by atoms with E-state index in [1.807, 2.05) is 13.8 Å². The summed E-state index contributed by atoms with van der Waals surface area (Å²) in [6.07, 6.45) is 0.394. The average Bonchev–Trinajstić information content (AvgIpc) is 1.87. The number of hydrogen-bond donors (Lipinski definition) is 0. The molecule has 0 rings (SSSR count). The van der Waals surface area contributed by atoms with Gasteiger partial charge in [-0.2, -0.15) is 0 Å². The standard InChI is InChI=1S/C8H15NO2/c1-6(2)8(10)5-7(3)9-11-4/h6H,5H2,1-4H3/b9-7+. The number of rotatable bonds is 4. The fourth-order valence-electron chi connectivity index (χ4n) is 0.644. The maximum Gasteiger partial charge on any atom is 0.141 e. The summed E-state index contributed by atoms with van der Waals surface area (Å²) in [5, 5.41) is 3.64. The third-order valence-corrected chi connectivity index (χ3v) is 1.32. The molecule has 0 fully saturated rings. The summed E-state index contributed by atoms with van der Waals surface area (Å²) < 4.78 is 0. The van der Waals surface area contributed by atoms with Crippen LogP contribution in [0.25, 0.3) is 0 Å². The highest BCUT2D eigenvalue weighted by Crippen LogP contribution is 1.99. The van der Waals surface area contributed by atoms with Crippen LogP contribution in [-0.2, 0) is 9.63 Å². The van der Waals surface area contributed by atoms with Crippen LogP contribution in [0.3, 0.4) is 0 Å². The highest BCUT2D eigenvalue weighted by atomic mass is 16.6. The van der Waals surface area contributed by atoms with Crippen LogP contribution in [0.15, 0.2) is 5.16 Å². The molecule has 0 N–H and O–H groups in total. The number of carbonyl (C=O) groups excluding carboxylic acids is 1. The Hall–Kier alpha value is -0.860. The molecule has 3 heteroatoms. The minimum absolute atomic E-state index is 0.0806. The molecule has 0 spiro atoms. The molecule has 0 heterocycles. The summed E-state index contributed by atoms with van der Waals surface area (Å²) in [5.74, 6) is 0.278. The van der Waals surface area contributed by atoms with E-state index < -0.39 is 0 Å². The predicted octanol–water partition coefficient (Wildman–Crippen LogP) is 1.62. The Bertz CT molecular complexity index is 161. The highest BCUT2D eigenvalue weighted by Gasteiger charge is 2.08. The van der Waals surface area contributed by atoms with Crippen LogP contribution in [-0.4, -0.2) is 18.6 Å². The van der Waals surface area contributed by atoms with Gasteiger partial charge in [-0.25, -0.2) is 0 Å². The van der Waals surface area contributed by atoms with E-state index in [0.29, 0.717) is 6.42 Å². The van der Waals surface area contributed by atoms with Crippen molar-refractivity contribution in [2.24, 2.45) is 11.1 Å².